The zero-order chi connectivity index (χ0) is 27.4. The van der Waals surface area contributed by atoms with Crippen LogP contribution < -0.4 is 10.6 Å². The van der Waals surface area contributed by atoms with Gasteiger partial charge in [0, 0.05) is 25.2 Å². The summed E-state index contributed by atoms with van der Waals surface area (Å²) in [5, 5.41) is 16.5. The van der Waals surface area contributed by atoms with E-state index in [0.717, 1.165) is 10.5 Å². The summed E-state index contributed by atoms with van der Waals surface area (Å²) < 4.78 is 24.5. The molecule has 0 saturated heterocycles. The van der Waals surface area contributed by atoms with Gasteiger partial charge in [-0.3, -0.25) is 19.5 Å². The first-order valence-electron chi connectivity index (χ1n) is 11.9. The molecule has 1 aliphatic rings. The lowest BCUT2D eigenvalue weighted by molar-refractivity contribution is -0.121. The number of aliphatic imine (C=N–C) groups is 1. The van der Waals surface area contributed by atoms with Crippen LogP contribution in [0.15, 0.2) is 76.3 Å². The maximum absolute atomic E-state index is 13.3. The summed E-state index contributed by atoms with van der Waals surface area (Å²) in [6.45, 7) is 12.9. The van der Waals surface area contributed by atoms with E-state index in [9.17, 15) is 19.1 Å². The summed E-state index contributed by atoms with van der Waals surface area (Å²) in [5.74, 6) is -1.16. The highest BCUT2D eigenvalue weighted by atomic mass is 19.1. The van der Waals surface area contributed by atoms with Gasteiger partial charge in [-0.15, -0.1) is 0 Å². The number of carbonyl (C=O) groups excluding carboxylic acids is 2. The maximum atomic E-state index is 13.3. The third-order valence-electron chi connectivity index (χ3n) is 5.39. The average molecular weight is 515 g/mol. The fourth-order valence-electron chi connectivity index (χ4n) is 3.38. The molecule has 0 radical (unpaired) electrons. The van der Waals surface area contributed by atoms with Gasteiger partial charge in [-0.25, -0.2) is 4.39 Å². The van der Waals surface area contributed by atoms with Gasteiger partial charge in [0.25, 0.3) is 5.91 Å². The number of ether oxygens (including phenoxy) is 2. The van der Waals surface area contributed by atoms with E-state index in [1.54, 1.807) is 25.1 Å². The molecule has 0 aliphatic carbocycles. The number of nitrogens with zero attached hydrogens (tertiary/aromatic N) is 2. The van der Waals surface area contributed by atoms with Gasteiger partial charge in [-0.1, -0.05) is 12.1 Å². The summed E-state index contributed by atoms with van der Waals surface area (Å²) in [7, 11) is 0. The third-order valence-corrected chi connectivity index (χ3v) is 5.39. The summed E-state index contributed by atoms with van der Waals surface area (Å²) in [6, 6.07) is 5.87. The predicted octanol–water partition coefficient (Wildman–Crippen LogP) is 3.48. The minimum atomic E-state index is -0.540. The first-order valence-corrected chi connectivity index (χ1v) is 11.9. The van der Waals surface area contributed by atoms with Gasteiger partial charge >= 0.3 is 0 Å². The van der Waals surface area contributed by atoms with Crippen molar-refractivity contribution in [2.75, 3.05) is 26.3 Å². The Labute approximate surface area is 217 Å². The van der Waals surface area contributed by atoms with Gasteiger partial charge in [0.15, 0.2) is 5.76 Å². The number of aliphatic hydroxyl groups excluding tert-OH is 1. The van der Waals surface area contributed by atoms with E-state index in [1.165, 1.54) is 24.4 Å². The number of hydrogen-bond donors (Lipinski definition) is 3. The minimum absolute atomic E-state index is 0.00436. The van der Waals surface area contributed by atoms with E-state index in [1.807, 2.05) is 20.8 Å². The molecule has 0 fully saturated rings. The Morgan fingerprint density at radius 2 is 2.03 bits per heavy atom. The van der Waals surface area contributed by atoms with Gasteiger partial charge in [0.05, 0.1) is 12.8 Å². The molecule has 2 rings (SSSR count). The number of benzene rings is 1. The van der Waals surface area contributed by atoms with Crippen LogP contribution in [0, 0.1) is 5.82 Å². The maximum Gasteiger partial charge on any atom is 0.288 e. The van der Waals surface area contributed by atoms with Crippen LogP contribution in [0.2, 0.25) is 0 Å². The van der Waals surface area contributed by atoms with Crippen molar-refractivity contribution in [3.63, 3.8) is 0 Å². The molecular weight excluding hydrogens is 479 g/mol. The van der Waals surface area contributed by atoms with Crippen molar-refractivity contribution in [1.29, 1.82) is 0 Å². The minimum Gasteiger partial charge on any atom is -0.506 e. The molecule has 3 N–H and O–H groups in total. The lowest BCUT2D eigenvalue weighted by Gasteiger charge is -2.30. The molecule has 2 amide bonds. The average Bonchev–Trinajstić information content (AvgIpc) is 2.89. The normalized spacial score (nSPS) is 16.7. The summed E-state index contributed by atoms with van der Waals surface area (Å²) in [5.41, 5.74) is 0.432. The SMILES string of the molecule is C=NC(/C(O)=C/C)=C1\C(=C\Cc2ccc(F)cc2)OC(C(=O)NCC(C)(C)NCCOCC)=CN1C=O. The summed E-state index contributed by atoms with van der Waals surface area (Å²) in [4.78, 5) is 30.0. The van der Waals surface area contributed by atoms with Crippen LogP contribution in [-0.2, 0) is 25.5 Å². The van der Waals surface area contributed by atoms with Crippen molar-refractivity contribution in [3.8, 4) is 0 Å². The van der Waals surface area contributed by atoms with Crippen LogP contribution in [-0.4, -0.2) is 60.9 Å². The van der Waals surface area contributed by atoms with E-state index in [0.29, 0.717) is 32.6 Å². The van der Waals surface area contributed by atoms with E-state index in [2.05, 4.69) is 22.3 Å². The monoisotopic (exact) mass is 514 g/mol. The quantitative estimate of drug-likeness (QED) is 0.161. The van der Waals surface area contributed by atoms with Crippen LogP contribution in [0.3, 0.4) is 0 Å². The smallest absolute Gasteiger partial charge is 0.288 e. The van der Waals surface area contributed by atoms with Crippen LogP contribution in [0.1, 0.15) is 33.3 Å². The van der Waals surface area contributed by atoms with Gasteiger partial charge in [0.1, 0.15) is 23.0 Å². The van der Waals surface area contributed by atoms with Crippen LogP contribution in [0.25, 0.3) is 0 Å². The number of aliphatic hydroxyl groups is 1. The third kappa shape index (κ3) is 8.69. The fraction of sp³-hybridized carbons (Fsp3) is 0.370. The first-order chi connectivity index (χ1) is 17.6. The number of hydrogen-bond acceptors (Lipinski definition) is 7. The van der Waals surface area contributed by atoms with E-state index in [4.69, 9.17) is 9.47 Å². The molecule has 1 aromatic rings. The zero-order valence-corrected chi connectivity index (χ0v) is 21.7. The summed E-state index contributed by atoms with van der Waals surface area (Å²) in [6.07, 6.45) is 5.00. The molecule has 10 heteroatoms. The zero-order valence-electron chi connectivity index (χ0n) is 21.7. The molecule has 0 aromatic heterocycles. The predicted molar refractivity (Wildman–Crippen MR) is 140 cm³/mol. The second-order valence-electron chi connectivity index (χ2n) is 8.73. The van der Waals surface area contributed by atoms with E-state index >= 15 is 0 Å². The number of allylic oxidation sites excluding steroid dienone is 2. The Morgan fingerprint density at radius 1 is 1.32 bits per heavy atom. The molecule has 0 bridgehead atoms. The summed E-state index contributed by atoms with van der Waals surface area (Å²) >= 11 is 0. The van der Waals surface area contributed by atoms with Crippen LogP contribution in [0.5, 0.6) is 0 Å². The number of carbonyl (C=O) groups is 2. The Bertz CT molecular complexity index is 1090. The highest BCUT2D eigenvalue weighted by molar-refractivity contribution is 5.92. The largest absolute Gasteiger partial charge is 0.506 e. The molecule has 0 saturated carbocycles. The molecule has 1 heterocycles. The molecule has 1 aromatic carbocycles. The van der Waals surface area contributed by atoms with Gasteiger partial charge in [-0.2, -0.15) is 0 Å². The van der Waals surface area contributed by atoms with Crippen molar-refractivity contribution in [3.05, 3.63) is 82.7 Å². The molecule has 0 unspecified atom stereocenters. The van der Waals surface area contributed by atoms with Gasteiger partial charge in [0.2, 0.25) is 12.2 Å². The highest BCUT2D eigenvalue weighted by Gasteiger charge is 2.30. The Hall–Kier alpha value is -3.76. The van der Waals surface area contributed by atoms with Gasteiger partial charge in [-0.05, 0) is 70.7 Å². The second-order valence-corrected chi connectivity index (χ2v) is 8.73. The van der Waals surface area contributed by atoms with E-state index in [-0.39, 0.29) is 41.0 Å². The van der Waals surface area contributed by atoms with E-state index < -0.39 is 11.4 Å². The Balaban J connectivity index is 2.34. The number of halogens is 1. The number of amides is 2. The molecule has 9 nitrogen and oxygen atoms in total. The lowest BCUT2D eigenvalue weighted by atomic mass is 10.1. The van der Waals surface area contributed by atoms with Crippen LogP contribution in [0.4, 0.5) is 4.39 Å². The molecule has 0 atom stereocenters. The second kappa shape index (κ2) is 14.1. The topological polar surface area (TPSA) is 112 Å². The van der Waals surface area contributed by atoms with Crippen molar-refractivity contribution in [2.45, 2.75) is 39.7 Å². The Kier molecular flexibility index (Phi) is 11.2. The number of rotatable bonds is 13. The van der Waals surface area contributed by atoms with Crippen molar-refractivity contribution >= 4 is 19.0 Å². The number of nitrogens with one attached hydrogen (secondary N) is 2. The molecule has 1 aliphatic heterocycles. The molecule has 200 valence electrons. The fourth-order valence-corrected chi connectivity index (χ4v) is 3.38. The lowest BCUT2D eigenvalue weighted by Crippen LogP contribution is -2.50. The molecular formula is C27H35FN4O5. The van der Waals surface area contributed by atoms with Crippen molar-refractivity contribution < 1.29 is 28.6 Å². The Morgan fingerprint density at radius 3 is 2.62 bits per heavy atom. The standard InChI is InChI=1S/C27H35FN4O5/c1-6-21(34)24(29-5)25-22(13-10-19-8-11-20(28)12-9-19)37-23(16-32(25)18-33)26(35)30-17-27(3,4)31-14-15-36-7-2/h6,8-9,11-13,16,18,31,34H,5,7,10,14-15,17H2,1-4H3,(H,30,35)/b21-6-,22-13-,25-24+. The van der Waals surface area contributed by atoms with Crippen molar-refractivity contribution in [1.82, 2.24) is 15.5 Å². The molecule has 37 heavy (non-hydrogen) atoms. The van der Waals surface area contributed by atoms with Gasteiger partial charge < -0.3 is 25.2 Å². The van der Waals surface area contributed by atoms with Crippen molar-refractivity contribution in [2.24, 2.45) is 4.99 Å². The van der Waals surface area contributed by atoms with Crippen LogP contribution >= 0.6 is 0 Å². The highest BCUT2D eigenvalue weighted by Crippen LogP contribution is 2.31. The molecule has 0 spiro atoms. The first kappa shape index (κ1) is 29.5.